The lowest BCUT2D eigenvalue weighted by Crippen LogP contribution is -1.96. The largest absolute Gasteiger partial charge is 0.478 e. The summed E-state index contributed by atoms with van der Waals surface area (Å²) in [6.45, 7) is -0.168. The van der Waals surface area contributed by atoms with E-state index < -0.39 is 5.97 Å². The Morgan fingerprint density at radius 1 is 1.36 bits per heavy atom. The number of carboxylic acid groups (broad SMARTS) is 1. The Morgan fingerprint density at radius 2 is 2.14 bits per heavy atom. The van der Waals surface area contributed by atoms with E-state index in [9.17, 15) is 4.79 Å². The number of benzene rings is 1. The normalized spacial score (nSPS) is 8.93. The molecule has 72 valence electrons. The fourth-order valence-electron chi connectivity index (χ4n) is 1.03. The molecule has 0 saturated heterocycles. The minimum absolute atomic E-state index is 0.168. The zero-order valence-electron chi connectivity index (χ0n) is 7.53. The van der Waals surface area contributed by atoms with Crippen LogP contribution in [0.1, 0.15) is 15.9 Å². The highest BCUT2D eigenvalue weighted by molar-refractivity contribution is 5.87. The average molecular weight is 190 g/mol. The molecule has 1 aromatic carbocycles. The molecule has 0 bridgehead atoms. The molecule has 0 spiro atoms. The maximum absolute atomic E-state index is 10.6. The van der Waals surface area contributed by atoms with E-state index in [-0.39, 0.29) is 12.2 Å². The van der Waals surface area contributed by atoms with Gasteiger partial charge in [0.05, 0.1) is 5.56 Å². The van der Waals surface area contributed by atoms with E-state index in [0.29, 0.717) is 6.42 Å². The van der Waals surface area contributed by atoms with Crippen molar-refractivity contribution in [2.24, 2.45) is 0 Å². The number of carbonyl (C=O) groups is 1. The molecule has 3 heteroatoms. The van der Waals surface area contributed by atoms with E-state index in [1.54, 1.807) is 18.2 Å². The summed E-state index contributed by atoms with van der Waals surface area (Å²) in [5.41, 5.74) is 1.10. The Morgan fingerprint density at radius 3 is 2.79 bits per heavy atom. The Labute approximate surface area is 82.0 Å². The molecular weight excluding hydrogens is 180 g/mol. The smallest absolute Gasteiger partial charge is 0.335 e. The fourth-order valence-corrected chi connectivity index (χ4v) is 1.03. The van der Waals surface area contributed by atoms with Gasteiger partial charge in [-0.25, -0.2) is 4.79 Å². The predicted molar refractivity (Wildman–Crippen MR) is 52.0 cm³/mol. The second kappa shape index (κ2) is 5.05. The fraction of sp³-hybridized carbons (Fsp3) is 0.182. The summed E-state index contributed by atoms with van der Waals surface area (Å²) in [6.07, 6.45) is 0.460. The Bertz CT molecular complexity index is 385. The molecule has 0 saturated carbocycles. The molecule has 0 unspecified atom stereocenters. The number of aliphatic hydroxyl groups is 1. The number of carboxylic acids is 1. The third-order valence-electron chi connectivity index (χ3n) is 1.67. The van der Waals surface area contributed by atoms with Crippen molar-refractivity contribution >= 4 is 5.97 Å². The first-order valence-corrected chi connectivity index (χ1v) is 4.13. The van der Waals surface area contributed by atoms with Gasteiger partial charge in [0.2, 0.25) is 0 Å². The first-order chi connectivity index (χ1) is 6.74. The van der Waals surface area contributed by atoms with Crippen LogP contribution in [0, 0.1) is 11.8 Å². The Balaban J connectivity index is 2.78. The molecule has 1 rings (SSSR count). The zero-order valence-corrected chi connectivity index (χ0v) is 7.53. The molecule has 0 atom stereocenters. The molecule has 0 fully saturated rings. The lowest BCUT2D eigenvalue weighted by molar-refractivity contribution is 0.0697. The van der Waals surface area contributed by atoms with Crippen LogP contribution in [0.2, 0.25) is 0 Å². The van der Waals surface area contributed by atoms with Crippen LogP contribution in [0.3, 0.4) is 0 Å². The van der Waals surface area contributed by atoms with Gasteiger partial charge in [-0.05, 0) is 17.7 Å². The Hall–Kier alpha value is -1.79. The summed E-state index contributed by atoms with van der Waals surface area (Å²) in [5, 5.41) is 17.1. The van der Waals surface area contributed by atoms with Crippen LogP contribution in [-0.4, -0.2) is 22.8 Å². The standard InChI is InChI=1S/C11H10O3/c12-7-2-1-4-9-5-3-6-10(8-9)11(13)14/h3,5-6,8,12H,4,7H2,(H,13,14). The van der Waals surface area contributed by atoms with E-state index >= 15 is 0 Å². The summed E-state index contributed by atoms with van der Waals surface area (Å²) in [6, 6.07) is 6.59. The molecule has 1 aromatic rings. The highest BCUT2D eigenvalue weighted by atomic mass is 16.4. The predicted octanol–water partition coefficient (Wildman–Crippen LogP) is 0.923. The van der Waals surface area contributed by atoms with E-state index in [4.69, 9.17) is 10.2 Å². The van der Waals surface area contributed by atoms with Gasteiger partial charge in [0, 0.05) is 6.42 Å². The molecule has 0 radical (unpaired) electrons. The van der Waals surface area contributed by atoms with E-state index in [1.165, 1.54) is 6.07 Å². The van der Waals surface area contributed by atoms with Crippen LogP contribution in [0.15, 0.2) is 24.3 Å². The maximum atomic E-state index is 10.6. The number of rotatable bonds is 2. The highest BCUT2D eigenvalue weighted by Crippen LogP contribution is 2.05. The summed E-state index contributed by atoms with van der Waals surface area (Å²) >= 11 is 0. The van der Waals surface area contributed by atoms with E-state index in [1.807, 2.05) is 0 Å². The lowest BCUT2D eigenvalue weighted by atomic mass is 10.1. The lowest BCUT2D eigenvalue weighted by Gasteiger charge is -1.97. The van der Waals surface area contributed by atoms with Crippen LogP contribution in [0.25, 0.3) is 0 Å². The summed E-state index contributed by atoms with van der Waals surface area (Å²) < 4.78 is 0. The van der Waals surface area contributed by atoms with Crippen LogP contribution in [-0.2, 0) is 6.42 Å². The summed E-state index contributed by atoms with van der Waals surface area (Å²) in [7, 11) is 0. The number of aromatic carboxylic acids is 1. The third-order valence-corrected chi connectivity index (χ3v) is 1.67. The van der Waals surface area contributed by atoms with Crippen molar-refractivity contribution in [2.45, 2.75) is 6.42 Å². The van der Waals surface area contributed by atoms with Crippen LogP contribution < -0.4 is 0 Å². The highest BCUT2D eigenvalue weighted by Gasteiger charge is 2.01. The summed E-state index contributed by atoms with van der Waals surface area (Å²) in [5.74, 6) is 4.29. The second-order valence-corrected chi connectivity index (χ2v) is 2.69. The topological polar surface area (TPSA) is 57.5 Å². The van der Waals surface area contributed by atoms with Gasteiger partial charge in [-0.15, -0.1) is 0 Å². The molecule has 0 aliphatic rings. The molecule has 14 heavy (non-hydrogen) atoms. The van der Waals surface area contributed by atoms with Gasteiger partial charge in [0.25, 0.3) is 0 Å². The number of hydrogen-bond acceptors (Lipinski definition) is 2. The van der Waals surface area contributed by atoms with Crippen molar-refractivity contribution in [1.29, 1.82) is 0 Å². The van der Waals surface area contributed by atoms with Crippen LogP contribution >= 0.6 is 0 Å². The average Bonchev–Trinajstić information content (AvgIpc) is 2.19. The van der Waals surface area contributed by atoms with Crippen molar-refractivity contribution < 1.29 is 15.0 Å². The van der Waals surface area contributed by atoms with Gasteiger partial charge < -0.3 is 10.2 Å². The number of aliphatic hydroxyl groups excluding tert-OH is 1. The van der Waals surface area contributed by atoms with Crippen LogP contribution in [0.5, 0.6) is 0 Å². The zero-order chi connectivity index (χ0) is 10.4. The minimum Gasteiger partial charge on any atom is -0.478 e. The van der Waals surface area contributed by atoms with Gasteiger partial charge in [-0.3, -0.25) is 0 Å². The molecule has 0 aromatic heterocycles. The molecule has 0 aliphatic heterocycles. The van der Waals surface area contributed by atoms with Gasteiger partial charge in [-0.1, -0.05) is 24.0 Å². The molecule has 2 N–H and O–H groups in total. The van der Waals surface area contributed by atoms with Crippen molar-refractivity contribution in [3.05, 3.63) is 35.4 Å². The SMILES string of the molecule is O=C(O)c1cccc(CC#CCO)c1. The minimum atomic E-state index is -0.943. The first-order valence-electron chi connectivity index (χ1n) is 4.13. The van der Waals surface area contributed by atoms with Gasteiger partial charge in [0.1, 0.15) is 6.61 Å². The van der Waals surface area contributed by atoms with Gasteiger partial charge in [0.15, 0.2) is 0 Å². The molecule has 3 nitrogen and oxygen atoms in total. The van der Waals surface area contributed by atoms with Crippen molar-refractivity contribution in [3.63, 3.8) is 0 Å². The van der Waals surface area contributed by atoms with Crippen molar-refractivity contribution in [1.82, 2.24) is 0 Å². The number of hydrogen-bond donors (Lipinski definition) is 2. The Kier molecular flexibility index (Phi) is 3.71. The van der Waals surface area contributed by atoms with Crippen LogP contribution in [0.4, 0.5) is 0 Å². The van der Waals surface area contributed by atoms with Gasteiger partial charge in [-0.2, -0.15) is 0 Å². The van der Waals surface area contributed by atoms with Crippen molar-refractivity contribution in [3.8, 4) is 11.8 Å². The molecule has 0 aliphatic carbocycles. The first kappa shape index (κ1) is 10.3. The van der Waals surface area contributed by atoms with Gasteiger partial charge >= 0.3 is 5.97 Å². The quantitative estimate of drug-likeness (QED) is 0.682. The molecular formula is C11H10O3. The van der Waals surface area contributed by atoms with E-state index in [2.05, 4.69) is 11.8 Å². The second-order valence-electron chi connectivity index (χ2n) is 2.69. The summed E-state index contributed by atoms with van der Waals surface area (Å²) in [4.78, 5) is 10.6. The molecule has 0 amide bonds. The molecule has 0 heterocycles. The monoisotopic (exact) mass is 190 g/mol. The van der Waals surface area contributed by atoms with Crippen molar-refractivity contribution in [2.75, 3.05) is 6.61 Å². The third kappa shape index (κ3) is 2.92. The van der Waals surface area contributed by atoms with E-state index in [0.717, 1.165) is 5.56 Å². The maximum Gasteiger partial charge on any atom is 0.335 e.